The lowest BCUT2D eigenvalue weighted by molar-refractivity contribution is 0.0902. The SMILES string of the molecule is O=C(N[C@H]1CCOc2ccccc21)c1cnc2c(-c3cc(F)cc(F)c3F)c(F)ccc2c1C1CCCO1. The molecule has 2 aliphatic heterocycles. The number of amides is 1. The van der Waals surface area contributed by atoms with Crippen molar-refractivity contribution in [2.24, 2.45) is 0 Å². The van der Waals surface area contributed by atoms with Crippen molar-refractivity contribution in [1.82, 2.24) is 10.3 Å². The second-order valence-corrected chi connectivity index (χ2v) is 9.36. The van der Waals surface area contributed by atoms with Gasteiger partial charge in [0, 0.05) is 52.9 Å². The number of carbonyl (C=O) groups is 1. The Bertz CT molecular complexity index is 1570. The summed E-state index contributed by atoms with van der Waals surface area (Å²) in [5, 5.41) is 3.40. The first-order valence-corrected chi connectivity index (χ1v) is 12.3. The molecule has 0 saturated carbocycles. The minimum Gasteiger partial charge on any atom is -0.493 e. The molecule has 1 aromatic heterocycles. The maximum Gasteiger partial charge on any atom is 0.253 e. The molecule has 1 N–H and O–H groups in total. The number of halogens is 4. The van der Waals surface area contributed by atoms with Gasteiger partial charge < -0.3 is 14.8 Å². The average molecular weight is 522 g/mol. The Hall–Kier alpha value is -3.98. The number of rotatable bonds is 4. The predicted octanol–water partition coefficient (Wildman–Crippen LogP) is 6.56. The fourth-order valence-electron chi connectivity index (χ4n) is 5.32. The van der Waals surface area contributed by atoms with Gasteiger partial charge in [-0.05, 0) is 37.1 Å². The molecule has 3 aromatic carbocycles. The predicted molar refractivity (Wildman–Crippen MR) is 132 cm³/mol. The van der Waals surface area contributed by atoms with Gasteiger partial charge in [0.05, 0.1) is 29.8 Å². The van der Waals surface area contributed by atoms with Crippen molar-refractivity contribution in [3.05, 3.63) is 94.7 Å². The van der Waals surface area contributed by atoms with Gasteiger partial charge in [0.25, 0.3) is 5.91 Å². The summed E-state index contributed by atoms with van der Waals surface area (Å²) >= 11 is 0. The van der Waals surface area contributed by atoms with Crippen molar-refractivity contribution >= 4 is 16.8 Å². The highest BCUT2D eigenvalue weighted by atomic mass is 19.2. The van der Waals surface area contributed by atoms with Crippen molar-refractivity contribution in [2.75, 3.05) is 13.2 Å². The van der Waals surface area contributed by atoms with Gasteiger partial charge in [-0.1, -0.05) is 18.2 Å². The summed E-state index contributed by atoms with van der Waals surface area (Å²) in [6.45, 7) is 0.912. The first kappa shape index (κ1) is 24.4. The van der Waals surface area contributed by atoms with Gasteiger partial charge in [-0.15, -0.1) is 0 Å². The van der Waals surface area contributed by atoms with Crippen molar-refractivity contribution in [3.63, 3.8) is 0 Å². The highest BCUT2D eigenvalue weighted by molar-refractivity contribution is 6.04. The second-order valence-electron chi connectivity index (χ2n) is 9.36. The van der Waals surface area contributed by atoms with Crippen LogP contribution in [0.5, 0.6) is 5.75 Å². The quantitative estimate of drug-likeness (QED) is 0.244. The van der Waals surface area contributed by atoms with Crippen LogP contribution in [-0.4, -0.2) is 24.1 Å². The summed E-state index contributed by atoms with van der Waals surface area (Å²) in [6, 6.07) is 10.8. The lowest BCUT2D eigenvalue weighted by Crippen LogP contribution is -2.33. The zero-order valence-corrected chi connectivity index (χ0v) is 20.1. The lowest BCUT2D eigenvalue weighted by atomic mass is 9.92. The molecule has 9 heteroatoms. The zero-order chi connectivity index (χ0) is 26.4. The van der Waals surface area contributed by atoms with Gasteiger partial charge in [-0.3, -0.25) is 9.78 Å². The molecule has 0 spiro atoms. The van der Waals surface area contributed by atoms with Crippen molar-refractivity contribution in [3.8, 4) is 16.9 Å². The number of nitrogens with one attached hydrogen (secondary N) is 1. The summed E-state index contributed by atoms with van der Waals surface area (Å²) in [6.07, 6.45) is 2.72. The third-order valence-corrected chi connectivity index (χ3v) is 7.05. The molecule has 2 atom stereocenters. The number of aromatic nitrogens is 1. The van der Waals surface area contributed by atoms with Crippen LogP contribution < -0.4 is 10.1 Å². The van der Waals surface area contributed by atoms with E-state index in [9.17, 15) is 18.0 Å². The average Bonchev–Trinajstić information content (AvgIpc) is 3.45. The van der Waals surface area contributed by atoms with E-state index in [1.165, 1.54) is 12.3 Å². The first-order chi connectivity index (χ1) is 18.4. The number of para-hydroxylation sites is 1. The summed E-state index contributed by atoms with van der Waals surface area (Å²) in [5.41, 5.74) is 0.566. The van der Waals surface area contributed by atoms with Gasteiger partial charge in [-0.25, -0.2) is 17.6 Å². The smallest absolute Gasteiger partial charge is 0.253 e. The molecule has 1 amide bonds. The highest BCUT2D eigenvalue weighted by Gasteiger charge is 2.30. The van der Waals surface area contributed by atoms with Crippen LogP contribution in [-0.2, 0) is 4.74 Å². The van der Waals surface area contributed by atoms with Gasteiger partial charge in [-0.2, -0.15) is 0 Å². The normalized spacial score (nSPS) is 18.7. The van der Waals surface area contributed by atoms with Crippen LogP contribution in [0.25, 0.3) is 22.0 Å². The Labute approximate surface area is 215 Å². The third kappa shape index (κ3) is 4.16. The van der Waals surface area contributed by atoms with Crippen LogP contribution in [0.3, 0.4) is 0 Å². The molecule has 2 aliphatic rings. The van der Waals surface area contributed by atoms with E-state index in [-0.39, 0.29) is 22.7 Å². The molecule has 1 fully saturated rings. The zero-order valence-electron chi connectivity index (χ0n) is 20.1. The number of hydrogen-bond donors (Lipinski definition) is 1. The molecule has 194 valence electrons. The van der Waals surface area contributed by atoms with Crippen molar-refractivity contribution < 1.29 is 31.8 Å². The fraction of sp³-hybridized carbons (Fsp3) is 0.241. The maximum atomic E-state index is 15.1. The van der Waals surface area contributed by atoms with Crippen molar-refractivity contribution in [2.45, 2.75) is 31.4 Å². The molecule has 3 heterocycles. The molecule has 0 aliphatic carbocycles. The van der Waals surface area contributed by atoms with Crippen LogP contribution >= 0.6 is 0 Å². The number of ether oxygens (including phenoxy) is 2. The van der Waals surface area contributed by atoms with E-state index in [4.69, 9.17) is 9.47 Å². The minimum atomic E-state index is -1.44. The lowest BCUT2D eigenvalue weighted by Gasteiger charge is -2.27. The molecule has 6 rings (SSSR count). The first-order valence-electron chi connectivity index (χ1n) is 12.3. The Morgan fingerprint density at radius 2 is 1.82 bits per heavy atom. The summed E-state index contributed by atoms with van der Waals surface area (Å²) < 4.78 is 69.5. The Morgan fingerprint density at radius 3 is 2.63 bits per heavy atom. The van der Waals surface area contributed by atoms with Crippen LogP contribution in [0, 0.1) is 23.3 Å². The molecule has 5 nitrogen and oxygen atoms in total. The van der Waals surface area contributed by atoms with E-state index in [2.05, 4.69) is 10.3 Å². The number of hydrogen-bond acceptors (Lipinski definition) is 4. The number of benzene rings is 3. The second kappa shape index (κ2) is 9.72. The standard InChI is InChI=1S/C29H22F4N2O3/c30-15-12-18(27(33)21(32)13-15)26-20(31)8-7-17-25(24-6-3-10-37-24)19(14-34-28(17)26)29(36)35-22-9-11-38-23-5-2-1-4-16(22)23/h1-2,4-5,7-8,12-14,22,24H,3,6,9-11H2,(H,35,36)/t22-,24?/m0/s1. The molecule has 1 unspecified atom stereocenters. The number of carbonyl (C=O) groups excluding carboxylic acids is 1. The molecule has 38 heavy (non-hydrogen) atoms. The summed E-state index contributed by atoms with van der Waals surface area (Å²) in [4.78, 5) is 17.9. The number of pyridine rings is 1. The van der Waals surface area contributed by atoms with E-state index in [1.807, 2.05) is 24.3 Å². The van der Waals surface area contributed by atoms with E-state index in [1.54, 1.807) is 0 Å². The molecular formula is C29H22F4N2O3. The maximum absolute atomic E-state index is 15.1. The van der Waals surface area contributed by atoms with Crippen LogP contribution in [0.2, 0.25) is 0 Å². The van der Waals surface area contributed by atoms with Crippen LogP contribution in [0.4, 0.5) is 17.6 Å². The molecule has 0 radical (unpaired) electrons. The van der Waals surface area contributed by atoms with Gasteiger partial charge in [0.2, 0.25) is 0 Å². The Balaban J connectivity index is 1.49. The van der Waals surface area contributed by atoms with E-state index in [0.29, 0.717) is 48.8 Å². The van der Waals surface area contributed by atoms with Crippen molar-refractivity contribution in [1.29, 1.82) is 0 Å². The minimum absolute atomic E-state index is 0.0210. The van der Waals surface area contributed by atoms with Gasteiger partial charge >= 0.3 is 0 Å². The Morgan fingerprint density at radius 1 is 0.974 bits per heavy atom. The molecule has 1 saturated heterocycles. The molecule has 4 aromatic rings. The van der Waals surface area contributed by atoms with Crippen LogP contribution in [0.1, 0.15) is 52.9 Å². The molecular weight excluding hydrogens is 500 g/mol. The third-order valence-electron chi connectivity index (χ3n) is 7.05. The van der Waals surface area contributed by atoms with Gasteiger partial charge in [0.1, 0.15) is 17.4 Å². The summed E-state index contributed by atoms with van der Waals surface area (Å²) in [5.74, 6) is -4.49. The number of fused-ring (bicyclic) bond motifs is 2. The van der Waals surface area contributed by atoms with Gasteiger partial charge in [0.15, 0.2) is 11.6 Å². The van der Waals surface area contributed by atoms with E-state index in [0.717, 1.165) is 24.1 Å². The highest BCUT2D eigenvalue weighted by Crippen LogP contribution is 2.40. The fourth-order valence-corrected chi connectivity index (χ4v) is 5.32. The van der Waals surface area contributed by atoms with E-state index >= 15 is 4.39 Å². The van der Waals surface area contributed by atoms with Crippen LogP contribution in [0.15, 0.2) is 54.7 Å². The largest absolute Gasteiger partial charge is 0.493 e. The topological polar surface area (TPSA) is 60.5 Å². The Kier molecular flexibility index (Phi) is 6.23. The molecule has 0 bridgehead atoms. The number of nitrogens with zero attached hydrogens (tertiary/aromatic N) is 1. The van der Waals surface area contributed by atoms with E-state index < -0.39 is 40.8 Å². The monoisotopic (exact) mass is 522 g/mol. The summed E-state index contributed by atoms with van der Waals surface area (Å²) in [7, 11) is 0.